The molecule has 0 aliphatic carbocycles. The van der Waals surface area contributed by atoms with Crippen LogP contribution in [-0.2, 0) is 0 Å². The van der Waals surface area contributed by atoms with Gasteiger partial charge in [-0.05, 0) is 30.7 Å². The first-order chi connectivity index (χ1) is 8.29. The molecule has 2 rings (SSSR count). The summed E-state index contributed by atoms with van der Waals surface area (Å²) >= 11 is 0. The molecule has 4 nitrogen and oxygen atoms in total. The average molecular weight is 231 g/mol. The van der Waals surface area contributed by atoms with Gasteiger partial charge >= 0.3 is 6.03 Å². The van der Waals surface area contributed by atoms with Gasteiger partial charge in [0.2, 0.25) is 0 Å². The lowest BCUT2D eigenvalue weighted by molar-refractivity contribution is 0.252. The van der Waals surface area contributed by atoms with Crippen molar-refractivity contribution in [1.82, 2.24) is 10.3 Å². The summed E-state index contributed by atoms with van der Waals surface area (Å²) in [7, 11) is 0. The number of hydrogen-bond donors (Lipinski definition) is 3. The van der Waals surface area contributed by atoms with Gasteiger partial charge in [0.25, 0.3) is 0 Å². The number of H-pyrrole nitrogens is 1. The topological polar surface area (TPSA) is 56.9 Å². The van der Waals surface area contributed by atoms with Crippen molar-refractivity contribution < 1.29 is 4.79 Å². The number of aromatic nitrogens is 1. The van der Waals surface area contributed by atoms with Crippen LogP contribution in [0.25, 0.3) is 10.9 Å². The smallest absolute Gasteiger partial charge is 0.319 e. The molecule has 0 saturated carbocycles. The number of carbonyl (C=O) groups excluding carboxylic acids is 1. The molecular formula is C13H17N3O. The van der Waals surface area contributed by atoms with Gasteiger partial charge in [-0.25, -0.2) is 4.79 Å². The van der Waals surface area contributed by atoms with Crippen molar-refractivity contribution in [3.05, 3.63) is 30.5 Å². The molecule has 2 aromatic rings. The van der Waals surface area contributed by atoms with E-state index in [9.17, 15) is 4.79 Å². The molecule has 1 aromatic heterocycles. The summed E-state index contributed by atoms with van der Waals surface area (Å²) in [5.74, 6) is 0. The fraction of sp³-hybridized carbons (Fsp3) is 0.308. The second-order valence-corrected chi connectivity index (χ2v) is 4.01. The minimum Gasteiger partial charge on any atom is -0.361 e. The number of unbranched alkanes of at least 4 members (excludes halogenated alkanes) is 1. The third kappa shape index (κ3) is 3.00. The highest BCUT2D eigenvalue weighted by Gasteiger charge is 2.01. The Hall–Kier alpha value is -1.97. The lowest BCUT2D eigenvalue weighted by Gasteiger charge is -2.07. The van der Waals surface area contributed by atoms with Crippen molar-refractivity contribution >= 4 is 22.6 Å². The van der Waals surface area contributed by atoms with E-state index in [1.165, 1.54) is 0 Å². The summed E-state index contributed by atoms with van der Waals surface area (Å²) in [5.41, 5.74) is 1.88. The first kappa shape index (κ1) is 11.5. The summed E-state index contributed by atoms with van der Waals surface area (Å²) in [6.07, 6.45) is 3.97. The summed E-state index contributed by atoms with van der Waals surface area (Å²) in [6.45, 7) is 2.81. The molecule has 0 bridgehead atoms. The SMILES string of the molecule is CCCCNC(=O)Nc1ccc2[nH]ccc2c1. The first-order valence-corrected chi connectivity index (χ1v) is 5.91. The maximum absolute atomic E-state index is 11.5. The molecule has 0 atom stereocenters. The van der Waals surface area contributed by atoms with Crippen molar-refractivity contribution in [2.45, 2.75) is 19.8 Å². The summed E-state index contributed by atoms with van der Waals surface area (Å²) in [5, 5.41) is 6.73. The summed E-state index contributed by atoms with van der Waals surface area (Å²) in [6, 6.07) is 7.63. The molecule has 0 fully saturated rings. The number of benzene rings is 1. The standard InChI is InChI=1S/C13H17N3O/c1-2-3-7-15-13(17)16-11-4-5-12-10(9-11)6-8-14-12/h4-6,8-9,14H,2-3,7H2,1H3,(H2,15,16,17). The van der Waals surface area contributed by atoms with Gasteiger partial charge in [0.1, 0.15) is 0 Å². The van der Waals surface area contributed by atoms with Crippen LogP contribution < -0.4 is 10.6 Å². The number of hydrogen-bond acceptors (Lipinski definition) is 1. The van der Waals surface area contributed by atoms with Crippen LogP contribution in [0.3, 0.4) is 0 Å². The third-order valence-corrected chi connectivity index (χ3v) is 2.63. The molecular weight excluding hydrogens is 214 g/mol. The molecule has 17 heavy (non-hydrogen) atoms. The number of nitrogens with one attached hydrogen (secondary N) is 3. The Morgan fingerprint density at radius 3 is 3.06 bits per heavy atom. The van der Waals surface area contributed by atoms with Crippen molar-refractivity contribution in [3.63, 3.8) is 0 Å². The minimum atomic E-state index is -0.145. The number of amides is 2. The van der Waals surface area contributed by atoms with E-state index in [2.05, 4.69) is 22.5 Å². The lowest BCUT2D eigenvalue weighted by atomic mass is 10.2. The number of anilines is 1. The van der Waals surface area contributed by atoms with E-state index >= 15 is 0 Å². The van der Waals surface area contributed by atoms with Crippen LogP contribution in [0, 0.1) is 0 Å². The van der Waals surface area contributed by atoms with Gasteiger partial charge in [0.15, 0.2) is 0 Å². The van der Waals surface area contributed by atoms with Gasteiger partial charge in [-0.3, -0.25) is 0 Å². The second-order valence-electron chi connectivity index (χ2n) is 4.01. The van der Waals surface area contributed by atoms with Crippen molar-refractivity contribution in [2.24, 2.45) is 0 Å². The van der Waals surface area contributed by atoms with Crippen LogP contribution in [0.1, 0.15) is 19.8 Å². The zero-order chi connectivity index (χ0) is 12.1. The van der Waals surface area contributed by atoms with E-state index in [-0.39, 0.29) is 6.03 Å². The van der Waals surface area contributed by atoms with Gasteiger partial charge in [0, 0.05) is 29.3 Å². The van der Waals surface area contributed by atoms with Crippen LogP contribution in [0.4, 0.5) is 10.5 Å². The lowest BCUT2D eigenvalue weighted by Crippen LogP contribution is -2.29. The number of carbonyl (C=O) groups is 1. The van der Waals surface area contributed by atoms with Gasteiger partial charge in [-0.2, -0.15) is 0 Å². The van der Waals surface area contributed by atoms with E-state index < -0.39 is 0 Å². The Morgan fingerprint density at radius 1 is 1.35 bits per heavy atom. The fourth-order valence-corrected chi connectivity index (χ4v) is 1.69. The van der Waals surface area contributed by atoms with E-state index in [1.54, 1.807) is 0 Å². The highest BCUT2D eigenvalue weighted by molar-refractivity contribution is 5.92. The largest absolute Gasteiger partial charge is 0.361 e. The van der Waals surface area contributed by atoms with Crippen LogP contribution in [0.15, 0.2) is 30.5 Å². The summed E-state index contributed by atoms with van der Waals surface area (Å²) < 4.78 is 0. The van der Waals surface area contributed by atoms with Crippen molar-refractivity contribution in [1.29, 1.82) is 0 Å². The Kier molecular flexibility index (Phi) is 3.65. The van der Waals surface area contributed by atoms with Crippen LogP contribution >= 0.6 is 0 Å². The van der Waals surface area contributed by atoms with Crippen LogP contribution in [0.5, 0.6) is 0 Å². The van der Waals surface area contributed by atoms with Gasteiger partial charge < -0.3 is 15.6 Å². The highest BCUT2D eigenvalue weighted by atomic mass is 16.2. The molecule has 0 unspecified atom stereocenters. The van der Waals surface area contributed by atoms with Crippen molar-refractivity contribution in [3.8, 4) is 0 Å². The predicted molar refractivity (Wildman–Crippen MR) is 70.2 cm³/mol. The Labute approximate surface area is 100 Å². The number of aromatic amines is 1. The zero-order valence-electron chi connectivity index (χ0n) is 9.92. The Balaban J connectivity index is 1.95. The second kappa shape index (κ2) is 5.39. The number of fused-ring (bicyclic) bond motifs is 1. The van der Waals surface area contributed by atoms with E-state index in [1.807, 2.05) is 30.5 Å². The third-order valence-electron chi connectivity index (χ3n) is 2.63. The maximum Gasteiger partial charge on any atom is 0.319 e. The first-order valence-electron chi connectivity index (χ1n) is 5.91. The molecule has 0 radical (unpaired) electrons. The number of rotatable bonds is 4. The molecule has 0 aliphatic heterocycles. The molecule has 90 valence electrons. The Morgan fingerprint density at radius 2 is 2.24 bits per heavy atom. The van der Waals surface area contributed by atoms with Crippen LogP contribution in [-0.4, -0.2) is 17.6 Å². The molecule has 0 aliphatic rings. The van der Waals surface area contributed by atoms with Crippen LogP contribution in [0.2, 0.25) is 0 Å². The normalized spacial score (nSPS) is 10.4. The van der Waals surface area contributed by atoms with E-state index in [4.69, 9.17) is 0 Å². The molecule has 0 saturated heterocycles. The monoisotopic (exact) mass is 231 g/mol. The number of urea groups is 1. The minimum absolute atomic E-state index is 0.145. The highest BCUT2D eigenvalue weighted by Crippen LogP contribution is 2.17. The maximum atomic E-state index is 11.5. The van der Waals surface area contributed by atoms with Gasteiger partial charge in [0.05, 0.1) is 0 Å². The molecule has 4 heteroatoms. The van der Waals surface area contributed by atoms with Gasteiger partial charge in [-0.15, -0.1) is 0 Å². The fourth-order valence-electron chi connectivity index (χ4n) is 1.69. The van der Waals surface area contributed by atoms with E-state index in [0.29, 0.717) is 6.54 Å². The van der Waals surface area contributed by atoms with Gasteiger partial charge in [-0.1, -0.05) is 13.3 Å². The molecule has 0 spiro atoms. The van der Waals surface area contributed by atoms with E-state index in [0.717, 1.165) is 29.4 Å². The summed E-state index contributed by atoms with van der Waals surface area (Å²) in [4.78, 5) is 14.6. The van der Waals surface area contributed by atoms with Crippen molar-refractivity contribution in [2.75, 3.05) is 11.9 Å². The quantitative estimate of drug-likeness (QED) is 0.696. The molecule has 1 heterocycles. The zero-order valence-corrected chi connectivity index (χ0v) is 9.92. The average Bonchev–Trinajstić information content (AvgIpc) is 2.76. The predicted octanol–water partition coefficient (Wildman–Crippen LogP) is 3.09. The Bertz CT molecular complexity index is 504. The molecule has 1 aromatic carbocycles. The molecule has 3 N–H and O–H groups in total. The molecule has 2 amide bonds.